The number of nitrogens with zero attached hydrogens (tertiary/aromatic N) is 1. The molecule has 2 aromatic rings. The van der Waals surface area contributed by atoms with Gasteiger partial charge in [0.05, 0.1) is 12.5 Å². The Labute approximate surface area is 163 Å². The molecule has 3 rings (SSSR count). The van der Waals surface area contributed by atoms with Gasteiger partial charge in [0, 0.05) is 18.8 Å². The molecule has 6 nitrogen and oxygen atoms in total. The zero-order valence-corrected chi connectivity index (χ0v) is 15.8. The van der Waals surface area contributed by atoms with Gasteiger partial charge in [-0.05, 0) is 41.8 Å². The van der Waals surface area contributed by atoms with Crippen LogP contribution in [0.1, 0.15) is 36.1 Å². The number of rotatable bonds is 5. The van der Waals surface area contributed by atoms with Gasteiger partial charge in [0.1, 0.15) is 0 Å². The molecule has 2 aromatic carbocycles. The second-order valence-electron chi connectivity index (χ2n) is 6.67. The van der Waals surface area contributed by atoms with Crippen LogP contribution in [-0.2, 0) is 19.1 Å². The molecule has 1 heterocycles. The summed E-state index contributed by atoms with van der Waals surface area (Å²) in [6.07, 6.45) is 3.49. The van der Waals surface area contributed by atoms with Crippen molar-refractivity contribution in [2.75, 3.05) is 11.9 Å². The third-order valence-electron chi connectivity index (χ3n) is 4.50. The molecule has 2 amide bonds. The van der Waals surface area contributed by atoms with E-state index >= 15 is 0 Å². The highest BCUT2D eigenvalue weighted by atomic mass is 16.5. The third-order valence-corrected chi connectivity index (χ3v) is 4.50. The smallest absolute Gasteiger partial charge is 0.308 e. The number of carbonyl (C=O) groups is 3. The predicted octanol–water partition coefficient (Wildman–Crippen LogP) is 3.44. The number of ether oxygens (including phenoxy) is 1. The fraction of sp³-hybridized carbons (Fsp3) is 0.227. The summed E-state index contributed by atoms with van der Waals surface area (Å²) in [7, 11) is 0. The number of amides is 2. The van der Waals surface area contributed by atoms with Crippen molar-refractivity contribution >= 4 is 29.5 Å². The fourth-order valence-corrected chi connectivity index (χ4v) is 3.20. The number of nitrogens with one attached hydrogen (secondary N) is 1. The van der Waals surface area contributed by atoms with E-state index in [9.17, 15) is 14.4 Å². The summed E-state index contributed by atoms with van der Waals surface area (Å²) < 4.78 is 5.14. The van der Waals surface area contributed by atoms with Crippen molar-refractivity contribution in [3.8, 4) is 0 Å². The van der Waals surface area contributed by atoms with Gasteiger partial charge in [0.2, 0.25) is 5.91 Å². The monoisotopic (exact) mass is 378 g/mol. The van der Waals surface area contributed by atoms with Crippen LogP contribution in [0.2, 0.25) is 0 Å². The highest BCUT2D eigenvalue weighted by Crippen LogP contribution is 2.33. The molecule has 6 heteroatoms. The molecule has 0 spiro atoms. The molecular formula is C22H22N2O4. The molecule has 144 valence electrons. The lowest BCUT2D eigenvalue weighted by molar-refractivity contribution is -0.149. The Hall–Kier alpha value is -3.41. The number of hydrogen-bond acceptors (Lipinski definition) is 4. The maximum Gasteiger partial charge on any atom is 0.308 e. The SMILES string of the molecule is CC(=O)N1C=Cc2ccccc2[C@H]1CC(=O)OCC(=O)Nc1cccc(C)c1. The van der Waals surface area contributed by atoms with Crippen LogP contribution >= 0.6 is 0 Å². The minimum Gasteiger partial charge on any atom is -0.455 e. The molecule has 1 aliphatic heterocycles. The number of aryl methyl sites for hydroxylation is 1. The summed E-state index contributed by atoms with van der Waals surface area (Å²) >= 11 is 0. The van der Waals surface area contributed by atoms with Gasteiger partial charge in [-0.3, -0.25) is 14.4 Å². The van der Waals surface area contributed by atoms with E-state index in [1.165, 1.54) is 11.8 Å². The van der Waals surface area contributed by atoms with Gasteiger partial charge < -0.3 is 15.0 Å². The first-order valence-electron chi connectivity index (χ1n) is 9.02. The van der Waals surface area contributed by atoms with Gasteiger partial charge in [-0.15, -0.1) is 0 Å². The first-order chi connectivity index (χ1) is 13.4. The quantitative estimate of drug-likeness (QED) is 0.809. The van der Waals surface area contributed by atoms with Crippen LogP contribution in [0.15, 0.2) is 54.7 Å². The molecule has 1 atom stereocenters. The molecule has 0 radical (unpaired) electrons. The van der Waals surface area contributed by atoms with Gasteiger partial charge in [-0.1, -0.05) is 36.4 Å². The maximum atomic E-state index is 12.3. The number of anilines is 1. The maximum absolute atomic E-state index is 12.3. The van der Waals surface area contributed by atoms with Crippen molar-refractivity contribution < 1.29 is 19.1 Å². The summed E-state index contributed by atoms with van der Waals surface area (Å²) in [4.78, 5) is 37.8. The molecule has 1 aliphatic rings. The largest absolute Gasteiger partial charge is 0.455 e. The average Bonchev–Trinajstić information content (AvgIpc) is 2.66. The van der Waals surface area contributed by atoms with E-state index in [-0.39, 0.29) is 18.9 Å². The highest BCUT2D eigenvalue weighted by molar-refractivity contribution is 5.93. The van der Waals surface area contributed by atoms with E-state index in [0.29, 0.717) is 5.69 Å². The Morgan fingerprint density at radius 3 is 2.64 bits per heavy atom. The van der Waals surface area contributed by atoms with Crippen molar-refractivity contribution in [1.82, 2.24) is 4.90 Å². The van der Waals surface area contributed by atoms with Crippen molar-refractivity contribution in [2.24, 2.45) is 0 Å². The Bertz CT molecular complexity index is 936. The van der Waals surface area contributed by atoms with Crippen molar-refractivity contribution in [3.63, 3.8) is 0 Å². The average molecular weight is 378 g/mol. The minimum absolute atomic E-state index is 0.0291. The van der Waals surface area contributed by atoms with Crippen molar-refractivity contribution in [2.45, 2.75) is 26.3 Å². The molecule has 0 saturated carbocycles. The third kappa shape index (κ3) is 4.65. The van der Waals surface area contributed by atoms with E-state index in [1.54, 1.807) is 12.3 Å². The van der Waals surface area contributed by atoms with E-state index < -0.39 is 17.9 Å². The second-order valence-corrected chi connectivity index (χ2v) is 6.67. The summed E-state index contributed by atoms with van der Waals surface area (Å²) in [5, 5.41) is 2.69. The summed E-state index contributed by atoms with van der Waals surface area (Å²) in [5.41, 5.74) is 3.50. The zero-order chi connectivity index (χ0) is 20.1. The van der Waals surface area contributed by atoms with E-state index in [4.69, 9.17) is 4.74 Å². The van der Waals surface area contributed by atoms with Gasteiger partial charge in [0.25, 0.3) is 5.91 Å². The zero-order valence-electron chi connectivity index (χ0n) is 15.8. The number of hydrogen-bond donors (Lipinski definition) is 1. The van der Waals surface area contributed by atoms with Crippen LogP contribution in [0.5, 0.6) is 0 Å². The van der Waals surface area contributed by atoms with E-state index in [2.05, 4.69) is 5.32 Å². The predicted molar refractivity (Wildman–Crippen MR) is 106 cm³/mol. The van der Waals surface area contributed by atoms with Gasteiger partial charge >= 0.3 is 5.97 Å². The highest BCUT2D eigenvalue weighted by Gasteiger charge is 2.28. The molecular weight excluding hydrogens is 356 g/mol. The first-order valence-corrected chi connectivity index (χ1v) is 9.02. The molecule has 0 aromatic heterocycles. The lowest BCUT2D eigenvalue weighted by Crippen LogP contribution is -2.33. The molecule has 0 bridgehead atoms. The van der Waals surface area contributed by atoms with E-state index in [0.717, 1.165) is 16.7 Å². The Morgan fingerprint density at radius 2 is 1.89 bits per heavy atom. The number of fused-ring (bicyclic) bond motifs is 1. The minimum atomic E-state index is -0.541. The van der Waals surface area contributed by atoms with Crippen LogP contribution in [-0.4, -0.2) is 29.3 Å². The molecule has 0 saturated heterocycles. The first kappa shape index (κ1) is 19.4. The van der Waals surface area contributed by atoms with Crippen LogP contribution in [0.25, 0.3) is 6.08 Å². The summed E-state index contributed by atoms with van der Waals surface area (Å²) in [6, 6.07) is 14.5. The number of esters is 1. The summed E-state index contributed by atoms with van der Waals surface area (Å²) in [6.45, 7) is 3.00. The molecule has 0 fully saturated rings. The Balaban J connectivity index is 1.61. The number of benzene rings is 2. The van der Waals surface area contributed by atoms with Crippen LogP contribution in [0.3, 0.4) is 0 Å². The Morgan fingerprint density at radius 1 is 1.11 bits per heavy atom. The molecule has 1 N–H and O–H groups in total. The normalized spacial score (nSPS) is 14.9. The molecule has 28 heavy (non-hydrogen) atoms. The van der Waals surface area contributed by atoms with Gasteiger partial charge in [0.15, 0.2) is 6.61 Å². The van der Waals surface area contributed by atoms with Crippen LogP contribution in [0, 0.1) is 6.92 Å². The standard InChI is InChI=1S/C22H22N2O4/c1-15-6-5-8-18(12-15)23-21(26)14-28-22(27)13-20-19-9-4-3-7-17(19)10-11-24(20)16(2)25/h3-12,20H,13-14H2,1-2H3,(H,23,26)/t20-/m1/s1. The van der Waals surface area contributed by atoms with Crippen LogP contribution < -0.4 is 5.32 Å². The van der Waals surface area contributed by atoms with Gasteiger partial charge in [-0.25, -0.2) is 0 Å². The lowest BCUT2D eigenvalue weighted by atomic mass is 9.94. The second kappa shape index (κ2) is 8.52. The van der Waals surface area contributed by atoms with Crippen LogP contribution in [0.4, 0.5) is 5.69 Å². The summed E-state index contributed by atoms with van der Waals surface area (Å²) in [5.74, 6) is -1.12. The Kier molecular flexibility index (Phi) is 5.89. The van der Waals surface area contributed by atoms with Gasteiger partial charge in [-0.2, -0.15) is 0 Å². The molecule has 0 unspecified atom stereocenters. The molecule has 0 aliphatic carbocycles. The van der Waals surface area contributed by atoms with Crippen molar-refractivity contribution in [3.05, 3.63) is 71.4 Å². The topological polar surface area (TPSA) is 75.7 Å². The lowest BCUT2D eigenvalue weighted by Gasteiger charge is -2.32. The van der Waals surface area contributed by atoms with E-state index in [1.807, 2.05) is 55.5 Å². The fourth-order valence-electron chi connectivity index (χ4n) is 3.20. The number of carbonyl (C=O) groups excluding carboxylic acids is 3. The van der Waals surface area contributed by atoms with Crippen molar-refractivity contribution in [1.29, 1.82) is 0 Å².